The molecular weight excluding hydrogens is 188 g/mol. The Labute approximate surface area is 79.8 Å². The highest BCUT2D eigenvalue weighted by molar-refractivity contribution is 5.84. The Morgan fingerprint density at radius 1 is 1.71 bits per heavy atom. The number of ether oxygens (including phenoxy) is 1. The SMILES string of the molecule is O=C(O)c1cc(C2CNCCO2)no1. The smallest absolute Gasteiger partial charge is 0.374 e. The second-order valence-electron chi connectivity index (χ2n) is 2.98. The molecule has 0 amide bonds. The second kappa shape index (κ2) is 3.77. The van der Waals surface area contributed by atoms with Crippen molar-refractivity contribution in [2.24, 2.45) is 0 Å². The molecule has 1 unspecified atom stereocenters. The van der Waals surface area contributed by atoms with Crippen molar-refractivity contribution in [3.63, 3.8) is 0 Å². The molecule has 1 atom stereocenters. The van der Waals surface area contributed by atoms with Crippen molar-refractivity contribution in [2.45, 2.75) is 6.10 Å². The zero-order valence-corrected chi connectivity index (χ0v) is 7.40. The third-order valence-corrected chi connectivity index (χ3v) is 2.00. The Morgan fingerprint density at radius 2 is 2.57 bits per heavy atom. The van der Waals surface area contributed by atoms with Crippen LogP contribution in [0.1, 0.15) is 22.4 Å². The van der Waals surface area contributed by atoms with E-state index >= 15 is 0 Å². The van der Waals surface area contributed by atoms with E-state index in [9.17, 15) is 4.79 Å². The third kappa shape index (κ3) is 1.75. The van der Waals surface area contributed by atoms with Crippen LogP contribution in [0.5, 0.6) is 0 Å². The molecule has 2 heterocycles. The van der Waals surface area contributed by atoms with Crippen molar-refractivity contribution in [3.05, 3.63) is 17.5 Å². The highest BCUT2D eigenvalue weighted by atomic mass is 16.5. The predicted octanol–water partition coefficient (Wildman–Crippen LogP) is 0.0337. The van der Waals surface area contributed by atoms with Crippen LogP contribution in [-0.4, -0.2) is 35.9 Å². The Kier molecular flexibility index (Phi) is 2.47. The molecule has 1 aromatic heterocycles. The molecule has 0 saturated carbocycles. The number of nitrogens with zero attached hydrogens (tertiary/aromatic N) is 1. The van der Waals surface area contributed by atoms with Crippen LogP contribution < -0.4 is 5.32 Å². The van der Waals surface area contributed by atoms with E-state index < -0.39 is 5.97 Å². The first-order chi connectivity index (χ1) is 6.77. The van der Waals surface area contributed by atoms with E-state index in [1.165, 1.54) is 6.07 Å². The lowest BCUT2D eigenvalue weighted by atomic mass is 10.2. The number of carboxylic acid groups (broad SMARTS) is 1. The first-order valence-electron chi connectivity index (χ1n) is 4.29. The maximum Gasteiger partial charge on any atom is 0.374 e. The molecule has 6 heteroatoms. The van der Waals surface area contributed by atoms with E-state index in [2.05, 4.69) is 15.0 Å². The minimum Gasteiger partial charge on any atom is -0.475 e. The number of nitrogens with one attached hydrogen (secondary N) is 1. The van der Waals surface area contributed by atoms with Gasteiger partial charge in [-0.05, 0) is 0 Å². The lowest BCUT2D eigenvalue weighted by molar-refractivity contribution is 0.0231. The molecule has 2 rings (SSSR count). The fourth-order valence-electron chi connectivity index (χ4n) is 1.30. The molecule has 1 aliphatic heterocycles. The molecule has 14 heavy (non-hydrogen) atoms. The van der Waals surface area contributed by atoms with Crippen LogP contribution in [0.15, 0.2) is 10.6 Å². The zero-order valence-electron chi connectivity index (χ0n) is 7.40. The van der Waals surface area contributed by atoms with Gasteiger partial charge in [-0.1, -0.05) is 5.16 Å². The van der Waals surface area contributed by atoms with E-state index in [1.807, 2.05) is 0 Å². The van der Waals surface area contributed by atoms with Gasteiger partial charge >= 0.3 is 5.97 Å². The summed E-state index contributed by atoms with van der Waals surface area (Å²) in [4.78, 5) is 10.5. The maximum absolute atomic E-state index is 10.5. The van der Waals surface area contributed by atoms with Crippen LogP contribution >= 0.6 is 0 Å². The van der Waals surface area contributed by atoms with Crippen molar-refractivity contribution in [1.82, 2.24) is 10.5 Å². The number of aromatic carboxylic acids is 1. The van der Waals surface area contributed by atoms with Gasteiger partial charge in [-0.3, -0.25) is 0 Å². The van der Waals surface area contributed by atoms with Gasteiger partial charge in [0.2, 0.25) is 5.76 Å². The largest absolute Gasteiger partial charge is 0.475 e. The van der Waals surface area contributed by atoms with Crippen LogP contribution in [0.2, 0.25) is 0 Å². The molecule has 1 fully saturated rings. The fourth-order valence-corrected chi connectivity index (χ4v) is 1.30. The summed E-state index contributed by atoms with van der Waals surface area (Å²) in [7, 11) is 0. The minimum atomic E-state index is -1.12. The molecule has 76 valence electrons. The van der Waals surface area contributed by atoms with Crippen LogP contribution in [0, 0.1) is 0 Å². The van der Waals surface area contributed by atoms with Crippen LogP contribution in [0.25, 0.3) is 0 Å². The van der Waals surface area contributed by atoms with E-state index in [0.717, 1.165) is 6.54 Å². The average molecular weight is 198 g/mol. The van der Waals surface area contributed by atoms with Crippen LogP contribution in [0.4, 0.5) is 0 Å². The first-order valence-corrected chi connectivity index (χ1v) is 4.29. The van der Waals surface area contributed by atoms with Gasteiger partial charge < -0.3 is 19.7 Å². The lowest BCUT2D eigenvalue weighted by Crippen LogP contribution is -2.33. The fraction of sp³-hybridized carbons (Fsp3) is 0.500. The molecule has 1 aliphatic rings. The van der Waals surface area contributed by atoms with Gasteiger partial charge in [0.05, 0.1) is 6.61 Å². The number of rotatable bonds is 2. The number of hydrogen-bond donors (Lipinski definition) is 2. The third-order valence-electron chi connectivity index (χ3n) is 2.00. The van der Waals surface area contributed by atoms with E-state index in [0.29, 0.717) is 18.8 Å². The summed E-state index contributed by atoms with van der Waals surface area (Å²) < 4.78 is 10.0. The Hall–Kier alpha value is -1.40. The summed E-state index contributed by atoms with van der Waals surface area (Å²) in [6, 6.07) is 1.39. The molecule has 1 saturated heterocycles. The second-order valence-corrected chi connectivity index (χ2v) is 2.98. The van der Waals surface area contributed by atoms with E-state index in [1.54, 1.807) is 0 Å². The topological polar surface area (TPSA) is 84.6 Å². The highest BCUT2D eigenvalue weighted by Gasteiger charge is 2.21. The van der Waals surface area contributed by atoms with Gasteiger partial charge in [-0.25, -0.2) is 4.79 Å². The van der Waals surface area contributed by atoms with Crippen LogP contribution in [0.3, 0.4) is 0 Å². The average Bonchev–Trinajstić information content (AvgIpc) is 2.68. The Balaban J connectivity index is 2.11. The minimum absolute atomic E-state index is 0.158. The van der Waals surface area contributed by atoms with Gasteiger partial charge in [-0.15, -0.1) is 0 Å². The van der Waals surface area contributed by atoms with Crippen molar-refractivity contribution < 1.29 is 19.2 Å². The number of morpholine rings is 1. The lowest BCUT2D eigenvalue weighted by Gasteiger charge is -2.21. The Bertz CT molecular complexity index is 330. The first kappa shape index (κ1) is 9.17. The van der Waals surface area contributed by atoms with Gasteiger partial charge in [0.1, 0.15) is 11.8 Å². The molecule has 2 N–H and O–H groups in total. The van der Waals surface area contributed by atoms with Crippen LogP contribution in [-0.2, 0) is 4.74 Å². The van der Waals surface area contributed by atoms with Gasteiger partial charge in [0.15, 0.2) is 0 Å². The summed E-state index contributed by atoms with van der Waals surface area (Å²) in [5, 5.41) is 15.4. The van der Waals surface area contributed by atoms with E-state index in [-0.39, 0.29) is 11.9 Å². The highest BCUT2D eigenvalue weighted by Crippen LogP contribution is 2.18. The number of hydrogen-bond acceptors (Lipinski definition) is 5. The summed E-state index contributed by atoms with van der Waals surface area (Å²) in [6.07, 6.45) is -0.208. The summed E-state index contributed by atoms with van der Waals surface area (Å²) in [5.74, 6) is -1.28. The zero-order chi connectivity index (χ0) is 9.97. The Morgan fingerprint density at radius 3 is 3.14 bits per heavy atom. The number of carboxylic acids is 1. The van der Waals surface area contributed by atoms with Crippen molar-refractivity contribution in [1.29, 1.82) is 0 Å². The number of carbonyl (C=O) groups is 1. The molecule has 0 spiro atoms. The molecular formula is C8H10N2O4. The molecule has 0 bridgehead atoms. The molecule has 6 nitrogen and oxygen atoms in total. The monoisotopic (exact) mass is 198 g/mol. The standard InChI is InChI=1S/C8H10N2O4/c11-8(12)6-3-5(10-14-6)7-4-9-1-2-13-7/h3,7,9H,1-2,4H2,(H,11,12). The van der Waals surface area contributed by atoms with E-state index in [4.69, 9.17) is 9.84 Å². The van der Waals surface area contributed by atoms with Gasteiger partial charge in [0.25, 0.3) is 0 Å². The predicted molar refractivity (Wildman–Crippen MR) is 45.0 cm³/mol. The normalized spacial score (nSPS) is 22.1. The molecule has 1 aromatic rings. The van der Waals surface area contributed by atoms with Crippen molar-refractivity contribution >= 4 is 5.97 Å². The van der Waals surface area contributed by atoms with Crippen molar-refractivity contribution in [2.75, 3.05) is 19.7 Å². The quantitative estimate of drug-likeness (QED) is 0.697. The van der Waals surface area contributed by atoms with Gasteiger partial charge in [0, 0.05) is 19.2 Å². The van der Waals surface area contributed by atoms with Gasteiger partial charge in [-0.2, -0.15) is 0 Å². The summed E-state index contributed by atoms with van der Waals surface area (Å²) >= 11 is 0. The molecule has 0 radical (unpaired) electrons. The number of aromatic nitrogens is 1. The molecule has 0 aliphatic carbocycles. The maximum atomic E-state index is 10.5. The summed E-state index contributed by atoms with van der Waals surface area (Å²) in [5.41, 5.74) is 0.523. The molecule has 0 aromatic carbocycles. The van der Waals surface area contributed by atoms with Crippen molar-refractivity contribution in [3.8, 4) is 0 Å². The summed E-state index contributed by atoms with van der Waals surface area (Å²) in [6.45, 7) is 2.03.